The quantitative estimate of drug-likeness (QED) is 0.557. The summed E-state index contributed by atoms with van der Waals surface area (Å²) in [5.74, 6) is 0.169. The molecule has 2 aromatic rings. The van der Waals surface area contributed by atoms with Crippen molar-refractivity contribution in [2.75, 3.05) is 19.7 Å². The van der Waals surface area contributed by atoms with Gasteiger partial charge in [-0.05, 0) is 59.5 Å². The zero-order valence-corrected chi connectivity index (χ0v) is 17.3. The summed E-state index contributed by atoms with van der Waals surface area (Å²) in [5, 5.41) is 0. The van der Waals surface area contributed by atoms with Gasteiger partial charge in [0.2, 0.25) is 0 Å². The minimum atomic E-state index is -0.579. The third-order valence-corrected chi connectivity index (χ3v) is 5.28. The first-order chi connectivity index (χ1) is 13.5. The molecule has 5 nitrogen and oxygen atoms in total. The summed E-state index contributed by atoms with van der Waals surface area (Å²) < 4.78 is 20.6. The molecule has 0 aliphatic carbocycles. The number of aromatic nitrogens is 1. The number of ether oxygens (including phenoxy) is 1. The molecule has 0 bridgehead atoms. The second-order valence-electron chi connectivity index (χ2n) is 6.88. The van der Waals surface area contributed by atoms with E-state index < -0.39 is 5.82 Å². The van der Waals surface area contributed by atoms with Crippen LogP contribution in [0.1, 0.15) is 24.1 Å². The van der Waals surface area contributed by atoms with Crippen molar-refractivity contribution in [3.8, 4) is 5.75 Å². The summed E-state index contributed by atoms with van der Waals surface area (Å²) >= 11 is 3.21. The molecule has 1 unspecified atom stereocenters. The van der Waals surface area contributed by atoms with Gasteiger partial charge in [-0.25, -0.2) is 9.37 Å². The molecule has 1 atom stereocenters. The van der Waals surface area contributed by atoms with E-state index >= 15 is 0 Å². The lowest BCUT2D eigenvalue weighted by atomic mass is 9.97. The largest absolute Gasteiger partial charge is 0.493 e. The van der Waals surface area contributed by atoms with Gasteiger partial charge < -0.3 is 15.4 Å². The predicted octanol–water partition coefficient (Wildman–Crippen LogP) is 3.91. The second kappa shape index (κ2) is 9.19. The Bertz CT molecular complexity index is 888. The fourth-order valence-corrected chi connectivity index (χ4v) is 3.65. The molecule has 0 radical (unpaired) electrons. The Morgan fingerprint density at radius 3 is 2.93 bits per heavy atom. The smallest absolute Gasteiger partial charge is 0.257 e. The van der Waals surface area contributed by atoms with Gasteiger partial charge in [-0.15, -0.1) is 0 Å². The third-order valence-electron chi connectivity index (χ3n) is 4.84. The number of halogens is 2. The summed E-state index contributed by atoms with van der Waals surface area (Å²) in [7, 11) is 0. The molecule has 7 heteroatoms. The average molecular weight is 448 g/mol. The molecule has 1 aromatic heterocycles. The molecule has 2 N–H and O–H groups in total. The van der Waals surface area contributed by atoms with E-state index in [9.17, 15) is 9.18 Å². The summed E-state index contributed by atoms with van der Waals surface area (Å²) in [6.45, 7) is 3.67. The van der Waals surface area contributed by atoms with Crippen LogP contribution in [0.3, 0.4) is 0 Å². The minimum absolute atomic E-state index is 0.0415. The van der Waals surface area contributed by atoms with Crippen LogP contribution < -0.4 is 10.5 Å². The van der Waals surface area contributed by atoms with Crippen LogP contribution in [0, 0.1) is 18.7 Å². The van der Waals surface area contributed by atoms with Crippen molar-refractivity contribution in [2.24, 2.45) is 11.7 Å². The first-order valence-electron chi connectivity index (χ1n) is 9.21. The highest BCUT2D eigenvalue weighted by atomic mass is 79.9. The standard InChI is InChI=1S/C21H23BrFN3O2/c1-14-5-2-3-7-18(14)28-13-15-6-4-10-26(12-15)21(27)16(11-24)20-17(23)8-9-19(22)25-20/h2-3,5,7-9,11,15H,4,6,10,12-13,24H2,1H3/b16-11+. The van der Waals surface area contributed by atoms with Crippen LogP contribution in [0.25, 0.3) is 5.57 Å². The van der Waals surface area contributed by atoms with Gasteiger partial charge in [0.1, 0.15) is 21.9 Å². The van der Waals surface area contributed by atoms with Crippen LogP contribution in [-0.2, 0) is 4.79 Å². The SMILES string of the molecule is Cc1ccccc1OCC1CCCN(C(=O)/C(=C/N)c2nc(Br)ccc2F)C1. The van der Waals surface area contributed by atoms with Crippen molar-refractivity contribution in [1.29, 1.82) is 0 Å². The van der Waals surface area contributed by atoms with Gasteiger partial charge in [0, 0.05) is 25.2 Å². The number of piperidine rings is 1. The molecular weight excluding hydrogens is 425 g/mol. The van der Waals surface area contributed by atoms with Crippen molar-refractivity contribution in [3.63, 3.8) is 0 Å². The zero-order valence-electron chi connectivity index (χ0n) is 15.7. The Hall–Kier alpha value is -2.41. The Labute approximate surface area is 172 Å². The van der Waals surface area contributed by atoms with Gasteiger partial charge in [-0.3, -0.25) is 4.79 Å². The number of pyridine rings is 1. The Morgan fingerprint density at radius 1 is 1.39 bits per heavy atom. The molecule has 148 valence electrons. The first-order valence-corrected chi connectivity index (χ1v) is 10.0. The fraction of sp³-hybridized carbons (Fsp3) is 0.333. The highest BCUT2D eigenvalue weighted by molar-refractivity contribution is 9.10. The number of nitrogens with two attached hydrogens (primary N) is 1. The van der Waals surface area contributed by atoms with Crippen molar-refractivity contribution >= 4 is 27.4 Å². The van der Waals surface area contributed by atoms with Crippen molar-refractivity contribution in [2.45, 2.75) is 19.8 Å². The van der Waals surface area contributed by atoms with E-state index in [0.717, 1.165) is 30.4 Å². The molecule has 0 spiro atoms. The predicted molar refractivity (Wildman–Crippen MR) is 110 cm³/mol. The molecule has 1 saturated heterocycles. The van der Waals surface area contributed by atoms with Gasteiger partial charge >= 0.3 is 0 Å². The van der Waals surface area contributed by atoms with Crippen LogP contribution in [-0.4, -0.2) is 35.5 Å². The maximum Gasteiger partial charge on any atom is 0.257 e. The monoisotopic (exact) mass is 447 g/mol. The lowest BCUT2D eigenvalue weighted by molar-refractivity contribution is -0.127. The van der Waals surface area contributed by atoms with Gasteiger partial charge in [-0.2, -0.15) is 0 Å². The van der Waals surface area contributed by atoms with E-state index in [1.54, 1.807) is 4.90 Å². The molecule has 28 heavy (non-hydrogen) atoms. The van der Waals surface area contributed by atoms with E-state index in [1.165, 1.54) is 12.1 Å². The van der Waals surface area contributed by atoms with Gasteiger partial charge in [-0.1, -0.05) is 18.2 Å². The van der Waals surface area contributed by atoms with Crippen LogP contribution >= 0.6 is 15.9 Å². The number of rotatable bonds is 5. The van der Waals surface area contributed by atoms with Crippen LogP contribution in [0.2, 0.25) is 0 Å². The fourth-order valence-electron chi connectivity index (χ4n) is 3.34. The highest BCUT2D eigenvalue weighted by Crippen LogP contribution is 2.25. The van der Waals surface area contributed by atoms with Gasteiger partial charge in [0.25, 0.3) is 5.91 Å². The van der Waals surface area contributed by atoms with Crippen molar-refractivity contribution in [3.05, 3.63) is 64.3 Å². The maximum atomic E-state index is 14.2. The third kappa shape index (κ3) is 4.70. The van der Waals surface area contributed by atoms with Crippen LogP contribution in [0.4, 0.5) is 4.39 Å². The summed E-state index contributed by atoms with van der Waals surface area (Å²) in [6, 6.07) is 10.6. The number of likely N-dealkylation sites (tertiary alicyclic amines) is 1. The molecule has 1 aliphatic heterocycles. The normalized spacial score (nSPS) is 17.5. The second-order valence-corrected chi connectivity index (χ2v) is 7.69. The number of carbonyl (C=O) groups is 1. The summed E-state index contributed by atoms with van der Waals surface area (Å²) in [4.78, 5) is 18.8. The molecular formula is C21H23BrFN3O2. The summed E-state index contributed by atoms with van der Waals surface area (Å²) in [5.41, 5.74) is 6.77. The lowest BCUT2D eigenvalue weighted by Crippen LogP contribution is -2.42. The Balaban J connectivity index is 1.68. The number of aryl methyl sites for hydroxylation is 1. The molecule has 1 fully saturated rings. The Morgan fingerprint density at radius 2 is 2.18 bits per heavy atom. The van der Waals surface area contributed by atoms with E-state index in [0.29, 0.717) is 24.3 Å². The van der Waals surface area contributed by atoms with Crippen LogP contribution in [0.5, 0.6) is 5.75 Å². The van der Waals surface area contributed by atoms with E-state index in [4.69, 9.17) is 10.5 Å². The number of benzene rings is 1. The topological polar surface area (TPSA) is 68.5 Å². The zero-order chi connectivity index (χ0) is 20.1. The van der Waals surface area contributed by atoms with Gasteiger partial charge in [0.05, 0.1) is 12.2 Å². The number of carbonyl (C=O) groups excluding carboxylic acids is 1. The highest BCUT2D eigenvalue weighted by Gasteiger charge is 2.28. The van der Waals surface area contributed by atoms with Gasteiger partial charge in [0.15, 0.2) is 0 Å². The molecule has 1 amide bonds. The Kier molecular flexibility index (Phi) is 6.67. The minimum Gasteiger partial charge on any atom is -0.493 e. The van der Waals surface area contributed by atoms with Crippen LogP contribution in [0.15, 0.2) is 47.2 Å². The maximum absolute atomic E-state index is 14.2. The summed E-state index contributed by atoms with van der Waals surface area (Å²) in [6.07, 6.45) is 2.97. The van der Waals surface area contributed by atoms with E-state index in [1.807, 2.05) is 31.2 Å². The van der Waals surface area contributed by atoms with Crippen molar-refractivity contribution < 1.29 is 13.9 Å². The van der Waals surface area contributed by atoms with Crippen molar-refractivity contribution in [1.82, 2.24) is 9.88 Å². The molecule has 3 rings (SSSR count). The number of amides is 1. The van der Waals surface area contributed by atoms with E-state index in [2.05, 4.69) is 20.9 Å². The molecule has 1 aliphatic rings. The number of hydrogen-bond acceptors (Lipinski definition) is 4. The lowest BCUT2D eigenvalue weighted by Gasteiger charge is -2.33. The first kappa shape index (κ1) is 20.3. The number of para-hydroxylation sites is 1. The molecule has 0 saturated carbocycles. The number of nitrogens with zero attached hydrogens (tertiary/aromatic N) is 2. The molecule has 1 aromatic carbocycles. The molecule has 2 heterocycles. The number of hydrogen-bond donors (Lipinski definition) is 1. The average Bonchev–Trinajstić information content (AvgIpc) is 2.70. The van der Waals surface area contributed by atoms with E-state index in [-0.39, 0.29) is 23.1 Å².